The van der Waals surface area contributed by atoms with Gasteiger partial charge >= 0.3 is 0 Å². The van der Waals surface area contributed by atoms with E-state index < -0.39 is 6.10 Å². The minimum atomic E-state index is -0.461. The van der Waals surface area contributed by atoms with Gasteiger partial charge in [-0.2, -0.15) is 11.8 Å². The third-order valence-corrected chi connectivity index (χ3v) is 5.07. The molecule has 0 saturated carbocycles. The monoisotopic (exact) mass is 323 g/mol. The Morgan fingerprint density at radius 2 is 1.86 bits per heavy atom. The summed E-state index contributed by atoms with van der Waals surface area (Å²) in [5.74, 6) is 3.27. The predicted molar refractivity (Wildman–Crippen MR) is 95.0 cm³/mol. The number of ether oxygens (including phenoxy) is 1. The van der Waals surface area contributed by atoms with E-state index in [1.54, 1.807) is 0 Å². The highest BCUT2D eigenvalue weighted by atomic mass is 32.2. The SMILES string of the molecule is CC(C)(C)c1ccc(OCC(O)CNC2CCSCC2)cc1. The molecule has 1 atom stereocenters. The summed E-state index contributed by atoms with van der Waals surface area (Å²) in [6.07, 6.45) is 1.94. The summed E-state index contributed by atoms with van der Waals surface area (Å²) in [6, 6.07) is 8.72. The minimum absolute atomic E-state index is 0.153. The largest absolute Gasteiger partial charge is 0.491 e. The lowest BCUT2D eigenvalue weighted by atomic mass is 9.87. The molecule has 0 amide bonds. The third-order valence-electron chi connectivity index (χ3n) is 4.03. The van der Waals surface area contributed by atoms with Gasteiger partial charge in [0.05, 0.1) is 0 Å². The van der Waals surface area contributed by atoms with Gasteiger partial charge in [0.1, 0.15) is 18.5 Å². The van der Waals surface area contributed by atoms with Crippen LogP contribution in [0.5, 0.6) is 5.75 Å². The summed E-state index contributed by atoms with van der Waals surface area (Å²) in [4.78, 5) is 0. The number of rotatable bonds is 6. The number of hydrogen-bond donors (Lipinski definition) is 2. The van der Waals surface area contributed by atoms with Crippen molar-refractivity contribution in [3.63, 3.8) is 0 Å². The van der Waals surface area contributed by atoms with Gasteiger partial charge in [-0.15, -0.1) is 0 Å². The van der Waals surface area contributed by atoms with Crippen LogP contribution < -0.4 is 10.1 Å². The van der Waals surface area contributed by atoms with Crippen molar-refractivity contribution in [1.82, 2.24) is 5.32 Å². The van der Waals surface area contributed by atoms with Crippen molar-refractivity contribution in [3.8, 4) is 5.75 Å². The smallest absolute Gasteiger partial charge is 0.119 e. The molecule has 1 aliphatic heterocycles. The fourth-order valence-electron chi connectivity index (χ4n) is 2.51. The number of nitrogens with one attached hydrogen (secondary N) is 1. The van der Waals surface area contributed by atoms with Crippen molar-refractivity contribution in [2.75, 3.05) is 24.7 Å². The molecule has 0 bridgehead atoms. The maximum absolute atomic E-state index is 10.0. The number of hydrogen-bond acceptors (Lipinski definition) is 4. The molecule has 2 rings (SSSR count). The molecule has 1 saturated heterocycles. The predicted octanol–water partition coefficient (Wildman–Crippen LogP) is 3.21. The van der Waals surface area contributed by atoms with Gasteiger partial charge in [-0.1, -0.05) is 32.9 Å². The van der Waals surface area contributed by atoms with E-state index in [0.29, 0.717) is 19.2 Å². The highest BCUT2D eigenvalue weighted by molar-refractivity contribution is 7.99. The lowest BCUT2D eigenvalue weighted by molar-refractivity contribution is 0.103. The lowest BCUT2D eigenvalue weighted by Gasteiger charge is -2.24. The molecule has 1 unspecified atom stereocenters. The van der Waals surface area contributed by atoms with E-state index in [2.05, 4.69) is 38.2 Å². The summed E-state index contributed by atoms with van der Waals surface area (Å²) in [6.45, 7) is 7.53. The molecule has 4 heteroatoms. The maximum Gasteiger partial charge on any atom is 0.119 e. The Hall–Kier alpha value is -0.710. The molecule has 0 aliphatic carbocycles. The molecule has 124 valence electrons. The average Bonchev–Trinajstić information content (AvgIpc) is 2.51. The highest BCUT2D eigenvalue weighted by Gasteiger charge is 2.15. The molecule has 0 spiro atoms. The maximum atomic E-state index is 10.0. The first-order chi connectivity index (χ1) is 10.4. The van der Waals surface area contributed by atoms with Crippen LogP contribution >= 0.6 is 11.8 Å². The van der Waals surface area contributed by atoms with E-state index in [4.69, 9.17) is 4.74 Å². The Balaban J connectivity index is 1.70. The lowest BCUT2D eigenvalue weighted by Crippen LogP contribution is -2.39. The van der Waals surface area contributed by atoms with E-state index in [1.165, 1.54) is 29.9 Å². The van der Waals surface area contributed by atoms with Gasteiger partial charge in [-0.25, -0.2) is 0 Å². The second kappa shape index (κ2) is 8.23. The first-order valence-electron chi connectivity index (χ1n) is 8.17. The van der Waals surface area contributed by atoms with E-state index in [9.17, 15) is 5.11 Å². The van der Waals surface area contributed by atoms with Crippen LogP contribution in [0.2, 0.25) is 0 Å². The van der Waals surface area contributed by atoms with Crippen LogP contribution in [-0.4, -0.2) is 41.9 Å². The van der Waals surface area contributed by atoms with E-state index >= 15 is 0 Å². The second-order valence-corrected chi connectivity index (χ2v) is 8.26. The van der Waals surface area contributed by atoms with Crippen molar-refractivity contribution < 1.29 is 9.84 Å². The van der Waals surface area contributed by atoms with Crippen molar-refractivity contribution in [1.29, 1.82) is 0 Å². The van der Waals surface area contributed by atoms with Crippen LogP contribution in [0, 0.1) is 0 Å². The Bertz CT molecular complexity index is 435. The number of aliphatic hydroxyl groups is 1. The molecule has 22 heavy (non-hydrogen) atoms. The summed E-state index contributed by atoms with van der Waals surface area (Å²) in [5, 5.41) is 13.5. The van der Waals surface area contributed by atoms with Crippen molar-refractivity contribution in [2.24, 2.45) is 0 Å². The molecule has 1 fully saturated rings. The molecule has 0 aromatic heterocycles. The summed E-state index contributed by atoms with van der Waals surface area (Å²) < 4.78 is 5.68. The van der Waals surface area contributed by atoms with Gasteiger partial charge in [0.25, 0.3) is 0 Å². The standard InChI is InChI=1S/C18H29NO2S/c1-18(2,3)14-4-6-17(7-5-14)21-13-16(20)12-19-15-8-10-22-11-9-15/h4-7,15-16,19-20H,8-13H2,1-3H3. The van der Waals surface area contributed by atoms with Gasteiger partial charge in [0.2, 0.25) is 0 Å². The van der Waals surface area contributed by atoms with Crippen LogP contribution in [0.15, 0.2) is 24.3 Å². The van der Waals surface area contributed by atoms with Crippen molar-refractivity contribution >= 4 is 11.8 Å². The Labute approximate surface area is 138 Å². The van der Waals surface area contributed by atoms with Crippen LogP contribution in [0.3, 0.4) is 0 Å². The zero-order chi connectivity index (χ0) is 16.0. The number of aliphatic hydroxyl groups excluding tert-OH is 1. The van der Waals surface area contributed by atoms with Gasteiger partial charge in [0, 0.05) is 12.6 Å². The van der Waals surface area contributed by atoms with Crippen molar-refractivity contribution in [3.05, 3.63) is 29.8 Å². The molecule has 1 aliphatic rings. The van der Waals surface area contributed by atoms with E-state index in [0.717, 1.165) is 5.75 Å². The first-order valence-corrected chi connectivity index (χ1v) is 9.33. The van der Waals surface area contributed by atoms with Crippen molar-refractivity contribution in [2.45, 2.75) is 51.2 Å². The van der Waals surface area contributed by atoms with Crippen LogP contribution in [-0.2, 0) is 5.41 Å². The molecular weight excluding hydrogens is 294 g/mol. The van der Waals surface area contributed by atoms with Gasteiger partial charge in [0.15, 0.2) is 0 Å². The fourth-order valence-corrected chi connectivity index (χ4v) is 3.61. The number of benzene rings is 1. The molecule has 3 nitrogen and oxygen atoms in total. The third kappa shape index (κ3) is 5.82. The Kier molecular flexibility index (Phi) is 6.60. The average molecular weight is 324 g/mol. The highest BCUT2D eigenvalue weighted by Crippen LogP contribution is 2.24. The molecule has 2 N–H and O–H groups in total. The molecular formula is C18H29NO2S. The Morgan fingerprint density at radius 1 is 1.23 bits per heavy atom. The van der Waals surface area contributed by atoms with Gasteiger partial charge in [-0.3, -0.25) is 0 Å². The van der Waals surface area contributed by atoms with Crippen LogP contribution in [0.4, 0.5) is 0 Å². The van der Waals surface area contributed by atoms with E-state index in [1.807, 2.05) is 23.9 Å². The first kappa shape index (κ1) is 17.6. The zero-order valence-electron chi connectivity index (χ0n) is 14.0. The normalized spacial score (nSPS) is 18.2. The summed E-state index contributed by atoms with van der Waals surface area (Å²) >= 11 is 2.02. The van der Waals surface area contributed by atoms with Gasteiger partial charge in [-0.05, 0) is 47.5 Å². The van der Waals surface area contributed by atoms with Gasteiger partial charge < -0.3 is 15.2 Å². The summed E-state index contributed by atoms with van der Waals surface area (Å²) in [5.41, 5.74) is 1.44. The Morgan fingerprint density at radius 3 is 2.45 bits per heavy atom. The minimum Gasteiger partial charge on any atom is -0.491 e. The topological polar surface area (TPSA) is 41.5 Å². The molecule has 1 aromatic carbocycles. The van der Waals surface area contributed by atoms with E-state index in [-0.39, 0.29) is 5.41 Å². The molecule has 1 aromatic rings. The fraction of sp³-hybridized carbons (Fsp3) is 0.667. The second-order valence-electron chi connectivity index (χ2n) is 7.03. The van der Waals surface area contributed by atoms with Crippen LogP contribution in [0.25, 0.3) is 0 Å². The molecule has 0 radical (unpaired) electrons. The number of thioether (sulfide) groups is 1. The van der Waals surface area contributed by atoms with Crippen LogP contribution in [0.1, 0.15) is 39.2 Å². The quantitative estimate of drug-likeness (QED) is 0.843. The molecule has 1 heterocycles. The summed E-state index contributed by atoms with van der Waals surface area (Å²) in [7, 11) is 0. The zero-order valence-corrected chi connectivity index (χ0v) is 14.8.